The van der Waals surface area contributed by atoms with Crippen molar-refractivity contribution < 1.29 is 14.3 Å². The highest BCUT2D eigenvalue weighted by Crippen LogP contribution is 2.32. The second-order valence-electron chi connectivity index (χ2n) is 5.67. The van der Waals surface area contributed by atoms with Crippen molar-refractivity contribution >= 4 is 33.8 Å². The Morgan fingerprint density at radius 1 is 1.36 bits per heavy atom. The largest absolute Gasteiger partial charge is 0.480 e. The lowest BCUT2D eigenvalue weighted by Gasteiger charge is -2.08. The number of fused-ring (bicyclic) bond motifs is 1. The van der Waals surface area contributed by atoms with Crippen molar-refractivity contribution in [2.45, 2.75) is 20.8 Å². The van der Waals surface area contributed by atoms with Crippen LogP contribution >= 0.6 is 11.3 Å². The lowest BCUT2D eigenvalue weighted by Crippen LogP contribution is -2.22. The summed E-state index contributed by atoms with van der Waals surface area (Å²) in [4.78, 5) is 29.1. The van der Waals surface area contributed by atoms with Gasteiger partial charge in [-0.1, -0.05) is 0 Å². The molecule has 0 saturated carbocycles. The molecule has 2 amide bonds. The van der Waals surface area contributed by atoms with E-state index in [0.29, 0.717) is 22.0 Å². The Morgan fingerprint density at radius 2 is 2.12 bits per heavy atom. The quantitative estimate of drug-likeness (QED) is 0.732. The summed E-state index contributed by atoms with van der Waals surface area (Å²) in [5.41, 5.74) is 8.04. The van der Waals surface area contributed by atoms with Gasteiger partial charge in [0.25, 0.3) is 11.8 Å². The van der Waals surface area contributed by atoms with Gasteiger partial charge >= 0.3 is 0 Å². The Kier molecular flexibility index (Phi) is 4.45. The number of imidazole rings is 1. The van der Waals surface area contributed by atoms with Crippen LogP contribution in [0.5, 0.6) is 5.75 Å². The van der Waals surface area contributed by atoms with Gasteiger partial charge in [0.2, 0.25) is 0 Å². The van der Waals surface area contributed by atoms with Gasteiger partial charge in [-0.2, -0.15) is 0 Å². The molecule has 0 aliphatic carbocycles. The standard InChI is InChI=1S/C17H18N4O3S/c1-9-7-21-6-4-5-12(16(21)19-9)24-8-13(22)20-17-14(15(18)23)10(2)11(3)25-17/h4-7H,8H2,1-3H3,(H2,18,23)(H,20,22). The smallest absolute Gasteiger partial charge is 0.262 e. The number of pyridine rings is 1. The maximum absolute atomic E-state index is 12.2. The molecule has 3 N–H and O–H groups in total. The predicted molar refractivity (Wildman–Crippen MR) is 96.4 cm³/mol. The number of nitrogens with one attached hydrogen (secondary N) is 1. The van der Waals surface area contributed by atoms with Crippen LogP contribution in [-0.2, 0) is 4.79 Å². The van der Waals surface area contributed by atoms with E-state index in [9.17, 15) is 9.59 Å². The molecular formula is C17H18N4O3S. The van der Waals surface area contributed by atoms with Crippen molar-refractivity contribution in [1.82, 2.24) is 9.38 Å². The summed E-state index contributed by atoms with van der Waals surface area (Å²) in [5.74, 6) is -0.413. The van der Waals surface area contributed by atoms with E-state index in [1.165, 1.54) is 11.3 Å². The maximum atomic E-state index is 12.2. The lowest BCUT2D eigenvalue weighted by molar-refractivity contribution is -0.118. The summed E-state index contributed by atoms with van der Waals surface area (Å²) >= 11 is 1.32. The third-order valence-electron chi connectivity index (χ3n) is 3.81. The number of carbonyl (C=O) groups excluding carboxylic acids is 2. The summed E-state index contributed by atoms with van der Waals surface area (Å²) in [6.07, 6.45) is 3.73. The topological polar surface area (TPSA) is 98.7 Å². The van der Waals surface area contributed by atoms with Crippen LogP contribution in [0, 0.1) is 20.8 Å². The van der Waals surface area contributed by atoms with Crippen molar-refractivity contribution in [1.29, 1.82) is 0 Å². The van der Waals surface area contributed by atoms with E-state index < -0.39 is 5.91 Å². The van der Waals surface area contributed by atoms with Gasteiger partial charge in [-0.25, -0.2) is 4.98 Å². The van der Waals surface area contributed by atoms with Gasteiger partial charge in [0.05, 0.1) is 11.3 Å². The second-order valence-corrected chi connectivity index (χ2v) is 6.90. The van der Waals surface area contributed by atoms with Crippen molar-refractivity contribution in [3.8, 4) is 5.75 Å². The molecule has 7 nitrogen and oxygen atoms in total. The fourth-order valence-electron chi connectivity index (χ4n) is 2.54. The molecule has 0 fully saturated rings. The molecule has 3 rings (SSSR count). The van der Waals surface area contributed by atoms with Crippen LogP contribution in [0.2, 0.25) is 0 Å². The van der Waals surface area contributed by atoms with Gasteiger partial charge < -0.3 is 20.2 Å². The Balaban J connectivity index is 1.73. The fourth-order valence-corrected chi connectivity index (χ4v) is 3.62. The highest BCUT2D eigenvalue weighted by molar-refractivity contribution is 7.16. The second kappa shape index (κ2) is 6.56. The van der Waals surface area contributed by atoms with E-state index in [0.717, 1.165) is 16.1 Å². The molecule has 8 heteroatoms. The minimum atomic E-state index is -0.560. The zero-order valence-electron chi connectivity index (χ0n) is 14.1. The van der Waals surface area contributed by atoms with E-state index in [4.69, 9.17) is 10.5 Å². The number of hydrogen-bond acceptors (Lipinski definition) is 5. The van der Waals surface area contributed by atoms with Crippen molar-refractivity contribution in [3.05, 3.63) is 46.2 Å². The molecule has 0 aromatic carbocycles. The van der Waals surface area contributed by atoms with E-state index in [1.807, 2.05) is 36.7 Å². The number of anilines is 1. The first kappa shape index (κ1) is 17.0. The third kappa shape index (κ3) is 3.34. The predicted octanol–water partition coefficient (Wildman–Crippen LogP) is 2.44. The molecule has 130 valence electrons. The number of thiophene rings is 1. The molecule has 0 bridgehead atoms. The van der Waals surface area contributed by atoms with Crippen LogP contribution in [-0.4, -0.2) is 27.8 Å². The number of aryl methyl sites for hydroxylation is 2. The van der Waals surface area contributed by atoms with Gasteiger partial charge in [0, 0.05) is 17.3 Å². The molecule has 0 unspecified atom stereocenters. The van der Waals surface area contributed by atoms with Crippen molar-refractivity contribution in [3.63, 3.8) is 0 Å². The van der Waals surface area contributed by atoms with Crippen LogP contribution in [0.4, 0.5) is 5.00 Å². The molecule has 3 aromatic heterocycles. The number of hydrogen-bond donors (Lipinski definition) is 2. The first-order valence-corrected chi connectivity index (χ1v) is 8.45. The summed E-state index contributed by atoms with van der Waals surface area (Å²) in [7, 11) is 0. The van der Waals surface area contributed by atoms with E-state index in [1.54, 1.807) is 13.0 Å². The first-order valence-electron chi connectivity index (χ1n) is 7.63. The Hall–Kier alpha value is -2.87. The van der Waals surface area contributed by atoms with Crippen molar-refractivity contribution in [2.24, 2.45) is 5.73 Å². The van der Waals surface area contributed by atoms with Gasteiger partial charge in [0.1, 0.15) is 5.00 Å². The monoisotopic (exact) mass is 358 g/mol. The van der Waals surface area contributed by atoms with E-state index in [2.05, 4.69) is 10.3 Å². The zero-order valence-corrected chi connectivity index (χ0v) is 14.9. The average molecular weight is 358 g/mol. The summed E-state index contributed by atoms with van der Waals surface area (Å²) in [5, 5.41) is 3.15. The number of nitrogens with zero attached hydrogens (tertiary/aromatic N) is 2. The Labute approximate surface area is 148 Å². The molecule has 0 saturated heterocycles. The SMILES string of the molecule is Cc1cn2cccc(OCC(=O)Nc3sc(C)c(C)c3C(N)=O)c2n1. The molecule has 3 aromatic rings. The average Bonchev–Trinajstić information content (AvgIpc) is 3.04. The summed E-state index contributed by atoms with van der Waals surface area (Å²) in [6.45, 7) is 5.37. The number of nitrogens with two attached hydrogens (primary N) is 1. The molecule has 0 spiro atoms. The lowest BCUT2D eigenvalue weighted by atomic mass is 10.1. The summed E-state index contributed by atoms with van der Waals surface area (Å²) in [6, 6.07) is 3.57. The molecule has 0 atom stereocenters. The number of primary amides is 1. The van der Waals surface area contributed by atoms with Crippen LogP contribution in [0.1, 0.15) is 26.5 Å². The minimum absolute atomic E-state index is 0.195. The summed E-state index contributed by atoms with van der Waals surface area (Å²) < 4.78 is 7.43. The molecule has 0 aliphatic heterocycles. The molecule has 3 heterocycles. The van der Waals surface area contributed by atoms with E-state index in [-0.39, 0.29) is 12.5 Å². The molecule has 0 radical (unpaired) electrons. The maximum Gasteiger partial charge on any atom is 0.262 e. The highest BCUT2D eigenvalue weighted by Gasteiger charge is 2.19. The number of rotatable bonds is 5. The normalized spacial score (nSPS) is 10.8. The number of ether oxygens (including phenoxy) is 1. The Morgan fingerprint density at radius 3 is 2.84 bits per heavy atom. The number of amides is 2. The van der Waals surface area contributed by atoms with Crippen LogP contribution in [0.15, 0.2) is 24.5 Å². The molecular weight excluding hydrogens is 340 g/mol. The van der Waals surface area contributed by atoms with Gasteiger partial charge in [-0.05, 0) is 38.5 Å². The van der Waals surface area contributed by atoms with Crippen molar-refractivity contribution in [2.75, 3.05) is 11.9 Å². The number of carbonyl (C=O) groups is 2. The third-order valence-corrected chi connectivity index (χ3v) is 4.93. The van der Waals surface area contributed by atoms with Gasteiger partial charge in [-0.15, -0.1) is 11.3 Å². The van der Waals surface area contributed by atoms with Gasteiger partial charge in [-0.3, -0.25) is 9.59 Å². The minimum Gasteiger partial charge on any atom is -0.480 e. The van der Waals surface area contributed by atoms with Crippen LogP contribution in [0.3, 0.4) is 0 Å². The Bertz CT molecular complexity index is 974. The number of aromatic nitrogens is 2. The molecule has 0 aliphatic rings. The molecule has 25 heavy (non-hydrogen) atoms. The highest BCUT2D eigenvalue weighted by atomic mass is 32.1. The first-order chi connectivity index (χ1) is 11.9. The van der Waals surface area contributed by atoms with Crippen LogP contribution < -0.4 is 15.8 Å². The zero-order chi connectivity index (χ0) is 18.1. The fraction of sp³-hybridized carbons (Fsp3) is 0.235. The van der Waals surface area contributed by atoms with Crippen LogP contribution in [0.25, 0.3) is 5.65 Å². The van der Waals surface area contributed by atoms with E-state index >= 15 is 0 Å². The van der Waals surface area contributed by atoms with Gasteiger partial charge in [0.15, 0.2) is 18.0 Å².